The lowest BCUT2D eigenvalue weighted by Crippen LogP contribution is -2.52. The van der Waals surface area contributed by atoms with E-state index in [0.29, 0.717) is 6.42 Å². The smallest absolute Gasteiger partial charge is 0.217 e. The maximum Gasteiger partial charge on any atom is 0.217 e. The quantitative estimate of drug-likeness (QED) is 0.721. The highest BCUT2D eigenvalue weighted by Crippen LogP contribution is 2.15. The molecular weight excluding hydrogens is 166 g/mol. The maximum atomic E-state index is 11.7. The van der Waals surface area contributed by atoms with Gasteiger partial charge in [0.25, 0.3) is 0 Å². The molecule has 0 aromatic heterocycles. The molecule has 0 heterocycles. The van der Waals surface area contributed by atoms with Gasteiger partial charge in [-0.15, -0.1) is 0 Å². The SMILES string of the molecule is CC[C@@](C)(NC(C)=O)C(=O)C(C)C. The predicted molar refractivity (Wildman–Crippen MR) is 52.4 cm³/mol. The monoisotopic (exact) mass is 185 g/mol. The van der Waals surface area contributed by atoms with Crippen LogP contribution in [0.3, 0.4) is 0 Å². The number of carbonyl (C=O) groups is 2. The van der Waals surface area contributed by atoms with Gasteiger partial charge in [-0.2, -0.15) is 0 Å². The fraction of sp³-hybridized carbons (Fsp3) is 0.800. The number of nitrogens with one attached hydrogen (secondary N) is 1. The van der Waals surface area contributed by atoms with Gasteiger partial charge < -0.3 is 5.32 Å². The molecule has 3 heteroatoms. The van der Waals surface area contributed by atoms with Crippen LogP contribution in [0.4, 0.5) is 0 Å². The van der Waals surface area contributed by atoms with Gasteiger partial charge in [0.2, 0.25) is 5.91 Å². The Balaban J connectivity index is 4.62. The van der Waals surface area contributed by atoms with Crippen LogP contribution in [-0.2, 0) is 9.59 Å². The summed E-state index contributed by atoms with van der Waals surface area (Å²) in [5.74, 6) is -0.111. The summed E-state index contributed by atoms with van der Waals surface area (Å²) in [5.41, 5.74) is -0.694. The molecule has 1 amide bonds. The van der Waals surface area contributed by atoms with E-state index >= 15 is 0 Å². The third-order valence-electron chi connectivity index (χ3n) is 2.23. The summed E-state index contributed by atoms with van der Waals surface area (Å²) >= 11 is 0. The van der Waals surface area contributed by atoms with Gasteiger partial charge in [0, 0.05) is 12.8 Å². The summed E-state index contributed by atoms with van der Waals surface area (Å²) in [6, 6.07) is 0. The molecule has 0 rings (SSSR count). The van der Waals surface area contributed by atoms with Crippen molar-refractivity contribution < 1.29 is 9.59 Å². The molecule has 0 aromatic rings. The normalized spacial score (nSPS) is 15.2. The third kappa shape index (κ3) is 3.17. The van der Waals surface area contributed by atoms with Crippen molar-refractivity contribution in [2.24, 2.45) is 5.92 Å². The topological polar surface area (TPSA) is 46.2 Å². The van der Waals surface area contributed by atoms with Crippen LogP contribution in [0.25, 0.3) is 0 Å². The minimum absolute atomic E-state index is 0.0446. The summed E-state index contributed by atoms with van der Waals surface area (Å²) in [6.07, 6.45) is 0.629. The molecule has 0 unspecified atom stereocenters. The van der Waals surface area contributed by atoms with Crippen LogP contribution in [0.2, 0.25) is 0 Å². The zero-order valence-corrected chi connectivity index (χ0v) is 9.10. The highest BCUT2D eigenvalue weighted by atomic mass is 16.2. The highest BCUT2D eigenvalue weighted by Gasteiger charge is 2.33. The minimum Gasteiger partial charge on any atom is -0.344 e. The molecule has 0 spiro atoms. The largest absolute Gasteiger partial charge is 0.344 e. The van der Waals surface area contributed by atoms with Crippen molar-refractivity contribution in [1.29, 1.82) is 0 Å². The van der Waals surface area contributed by atoms with Crippen molar-refractivity contribution >= 4 is 11.7 Å². The van der Waals surface area contributed by atoms with Crippen LogP contribution in [-0.4, -0.2) is 17.2 Å². The average molecular weight is 185 g/mol. The summed E-state index contributed by atoms with van der Waals surface area (Å²) in [7, 11) is 0. The molecule has 0 fully saturated rings. The Morgan fingerprint density at radius 2 is 1.85 bits per heavy atom. The van der Waals surface area contributed by atoms with E-state index in [1.807, 2.05) is 20.8 Å². The Kier molecular flexibility index (Phi) is 4.11. The fourth-order valence-corrected chi connectivity index (χ4v) is 1.35. The molecule has 1 atom stereocenters. The van der Waals surface area contributed by atoms with Gasteiger partial charge in [-0.05, 0) is 13.3 Å². The maximum absolute atomic E-state index is 11.7. The Hall–Kier alpha value is -0.860. The van der Waals surface area contributed by atoms with Gasteiger partial charge in [0.05, 0.1) is 5.54 Å². The van der Waals surface area contributed by atoms with Crippen LogP contribution in [0.1, 0.15) is 41.0 Å². The van der Waals surface area contributed by atoms with Gasteiger partial charge in [-0.1, -0.05) is 20.8 Å². The molecule has 0 radical (unpaired) electrons. The van der Waals surface area contributed by atoms with E-state index in [2.05, 4.69) is 5.32 Å². The molecule has 0 aliphatic heterocycles. The standard InChI is InChI=1S/C10H19NO2/c1-6-10(5,11-8(4)12)9(13)7(2)3/h7H,6H2,1-5H3,(H,11,12)/t10-/m1/s1. The molecule has 76 valence electrons. The minimum atomic E-state index is -0.694. The average Bonchev–Trinajstić information content (AvgIpc) is 2.01. The van der Waals surface area contributed by atoms with E-state index in [1.54, 1.807) is 6.92 Å². The van der Waals surface area contributed by atoms with Gasteiger partial charge in [0.15, 0.2) is 5.78 Å². The molecule has 3 nitrogen and oxygen atoms in total. The van der Waals surface area contributed by atoms with Crippen molar-refractivity contribution in [3.05, 3.63) is 0 Å². The number of amides is 1. The van der Waals surface area contributed by atoms with Gasteiger partial charge in [0.1, 0.15) is 0 Å². The van der Waals surface area contributed by atoms with E-state index < -0.39 is 5.54 Å². The first kappa shape index (κ1) is 12.1. The van der Waals surface area contributed by atoms with Crippen LogP contribution < -0.4 is 5.32 Å². The lowest BCUT2D eigenvalue weighted by atomic mass is 9.86. The second kappa shape index (κ2) is 4.40. The number of hydrogen-bond acceptors (Lipinski definition) is 2. The highest BCUT2D eigenvalue weighted by molar-refractivity contribution is 5.93. The fourth-order valence-electron chi connectivity index (χ4n) is 1.35. The van der Waals surface area contributed by atoms with Crippen LogP contribution in [0.5, 0.6) is 0 Å². The predicted octanol–water partition coefficient (Wildman–Crippen LogP) is 1.52. The summed E-state index contributed by atoms with van der Waals surface area (Å²) < 4.78 is 0. The number of Topliss-reactive ketones (excluding diaryl/α,β-unsaturated/α-hetero) is 1. The van der Waals surface area contributed by atoms with E-state index in [4.69, 9.17) is 0 Å². The Morgan fingerprint density at radius 1 is 1.38 bits per heavy atom. The second-order valence-corrected chi connectivity index (χ2v) is 3.89. The summed E-state index contributed by atoms with van der Waals surface area (Å²) in [4.78, 5) is 22.6. The van der Waals surface area contributed by atoms with Gasteiger partial charge >= 0.3 is 0 Å². The Labute approximate surface area is 79.9 Å². The second-order valence-electron chi connectivity index (χ2n) is 3.89. The molecule has 0 bridgehead atoms. The first-order valence-corrected chi connectivity index (χ1v) is 4.66. The van der Waals surface area contributed by atoms with E-state index in [9.17, 15) is 9.59 Å². The number of rotatable bonds is 4. The van der Waals surface area contributed by atoms with Crippen molar-refractivity contribution in [1.82, 2.24) is 5.32 Å². The van der Waals surface area contributed by atoms with Gasteiger partial charge in [-0.3, -0.25) is 9.59 Å². The number of carbonyl (C=O) groups excluding carboxylic acids is 2. The van der Waals surface area contributed by atoms with Crippen LogP contribution in [0, 0.1) is 5.92 Å². The van der Waals surface area contributed by atoms with Crippen LogP contribution in [0.15, 0.2) is 0 Å². The molecule has 13 heavy (non-hydrogen) atoms. The van der Waals surface area contributed by atoms with E-state index in [0.717, 1.165) is 0 Å². The lowest BCUT2D eigenvalue weighted by Gasteiger charge is -2.29. The van der Waals surface area contributed by atoms with Crippen LogP contribution >= 0.6 is 0 Å². The molecule has 0 saturated carbocycles. The third-order valence-corrected chi connectivity index (χ3v) is 2.23. The van der Waals surface area contributed by atoms with Crippen molar-refractivity contribution in [3.63, 3.8) is 0 Å². The summed E-state index contributed by atoms with van der Waals surface area (Å²) in [5, 5.41) is 2.70. The molecule has 0 aliphatic carbocycles. The van der Waals surface area contributed by atoms with E-state index in [-0.39, 0.29) is 17.6 Å². The zero-order chi connectivity index (χ0) is 10.6. The molecule has 0 aromatic carbocycles. The molecule has 0 aliphatic rings. The Morgan fingerprint density at radius 3 is 2.08 bits per heavy atom. The molecule has 1 N–H and O–H groups in total. The van der Waals surface area contributed by atoms with Crippen molar-refractivity contribution in [2.75, 3.05) is 0 Å². The number of hydrogen-bond donors (Lipinski definition) is 1. The lowest BCUT2D eigenvalue weighted by molar-refractivity contribution is -0.132. The first-order valence-electron chi connectivity index (χ1n) is 4.66. The molecular formula is C10H19NO2. The zero-order valence-electron chi connectivity index (χ0n) is 9.10. The van der Waals surface area contributed by atoms with Crippen molar-refractivity contribution in [3.8, 4) is 0 Å². The Bertz CT molecular complexity index is 211. The molecule has 0 saturated heterocycles. The van der Waals surface area contributed by atoms with E-state index in [1.165, 1.54) is 6.92 Å². The summed E-state index contributed by atoms with van der Waals surface area (Å²) in [6.45, 7) is 8.80. The van der Waals surface area contributed by atoms with Crippen molar-refractivity contribution in [2.45, 2.75) is 46.6 Å². The number of ketones is 1. The van der Waals surface area contributed by atoms with Gasteiger partial charge in [-0.25, -0.2) is 0 Å². The first-order chi connectivity index (χ1) is 5.83.